The van der Waals surface area contributed by atoms with Gasteiger partial charge in [0.15, 0.2) is 17.8 Å². The first-order valence-corrected chi connectivity index (χ1v) is 7.37. The first-order chi connectivity index (χ1) is 11.2. The molecule has 116 valence electrons. The SMILES string of the molecule is Cc1ccccc1-c1ocnc1C(=O)NC(C)c1ccncc1. The van der Waals surface area contributed by atoms with Gasteiger partial charge in [0.2, 0.25) is 0 Å². The highest BCUT2D eigenvalue weighted by Gasteiger charge is 2.21. The Balaban J connectivity index is 1.85. The molecule has 1 atom stereocenters. The minimum absolute atomic E-state index is 0.146. The van der Waals surface area contributed by atoms with Crippen molar-refractivity contribution in [3.8, 4) is 11.3 Å². The summed E-state index contributed by atoms with van der Waals surface area (Å²) in [4.78, 5) is 20.6. The molecule has 0 spiro atoms. The van der Waals surface area contributed by atoms with E-state index >= 15 is 0 Å². The molecule has 2 heterocycles. The fraction of sp³-hybridized carbons (Fsp3) is 0.167. The molecule has 0 aliphatic carbocycles. The number of rotatable bonds is 4. The van der Waals surface area contributed by atoms with Crippen LogP contribution in [0.3, 0.4) is 0 Å². The van der Waals surface area contributed by atoms with Gasteiger partial charge in [-0.2, -0.15) is 0 Å². The van der Waals surface area contributed by atoms with Gasteiger partial charge in [-0.25, -0.2) is 4.98 Å². The molecule has 3 rings (SSSR count). The molecule has 0 aliphatic heterocycles. The van der Waals surface area contributed by atoms with Gasteiger partial charge in [-0.05, 0) is 37.1 Å². The molecule has 5 heteroatoms. The Morgan fingerprint density at radius 2 is 1.91 bits per heavy atom. The summed E-state index contributed by atoms with van der Waals surface area (Å²) in [6, 6.07) is 11.3. The number of oxazole rings is 1. The molecule has 5 nitrogen and oxygen atoms in total. The van der Waals surface area contributed by atoms with Crippen molar-refractivity contribution in [2.45, 2.75) is 19.9 Å². The number of carbonyl (C=O) groups is 1. The number of aromatic nitrogens is 2. The van der Waals surface area contributed by atoms with Crippen LogP contribution in [-0.2, 0) is 0 Å². The van der Waals surface area contributed by atoms with E-state index in [0.29, 0.717) is 11.5 Å². The van der Waals surface area contributed by atoms with Gasteiger partial charge < -0.3 is 9.73 Å². The van der Waals surface area contributed by atoms with Crippen LogP contribution < -0.4 is 5.32 Å². The standard InChI is InChI=1S/C18H17N3O2/c1-12-5-3-4-6-15(12)17-16(20-11-23-17)18(22)21-13(2)14-7-9-19-10-8-14/h3-11,13H,1-2H3,(H,21,22). The van der Waals surface area contributed by atoms with Crippen LogP contribution in [0.1, 0.15) is 34.6 Å². The average molecular weight is 307 g/mol. The van der Waals surface area contributed by atoms with E-state index in [0.717, 1.165) is 16.7 Å². The van der Waals surface area contributed by atoms with Gasteiger partial charge in [-0.1, -0.05) is 24.3 Å². The van der Waals surface area contributed by atoms with Gasteiger partial charge in [-0.3, -0.25) is 9.78 Å². The van der Waals surface area contributed by atoms with Crippen molar-refractivity contribution < 1.29 is 9.21 Å². The number of hydrogen-bond donors (Lipinski definition) is 1. The van der Waals surface area contributed by atoms with Gasteiger partial charge in [0.25, 0.3) is 5.91 Å². The summed E-state index contributed by atoms with van der Waals surface area (Å²) in [7, 11) is 0. The summed E-state index contributed by atoms with van der Waals surface area (Å²) in [5.41, 5.74) is 3.17. The van der Waals surface area contributed by atoms with Gasteiger partial charge in [0, 0.05) is 18.0 Å². The monoisotopic (exact) mass is 307 g/mol. The Labute approximate surface area is 134 Å². The summed E-state index contributed by atoms with van der Waals surface area (Å²) >= 11 is 0. The van der Waals surface area contributed by atoms with E-state index in [4.69, 9.17) is 4.42 Å². The fourth-order valence-corrected chi connectivity index (χ4v) is 2.43. The fourth-order valence-electron chi connectivity index (χ4n) is 2.43. The third kappa shape index (κ3) is 3.13. The van der Waals surface area contributed by atoms with Crippen molar-refractivity contribution in [3.05, 3.63) is 72.0 Å². The zero-order valence-corrected chi connectivity index (χ0v) is 13.0. The zero-order chi connectivity index (χ0) is 16.2. The number of pyridine rings is 1. The van der Waals surface area contributed by atoms with Crippen LogP contribution >= 0.6 is 0 Å². The first-order valence-electron chi connectivity index (χ1n) is 7.37. The maximum absolute atomic E-state index is 12.5. The number of carbonyl (C=O) groups excluding carboxylic acids is 1. The van der Waals surface area contributed by atoms with Crippen LogP contribution in [0.25, 0.3) is 11.3 Å². The number of hydrogen-bond acceptors (Lipinski definition) is 4. The van der Waals surface area contributed by atoms with E-state index in [-0.39, 0.29) is 11.9 Å². The lowest BCUT2D eigenvalue weighted by Crippen LogP contribution is -2.27. The Morgan fingerprint density at radius 1 is 1.17 bits per heavy atom. The minimum atomic E-state index is -0.263. The number of aryl methyl sites for hydroxylation is 1. The molecule has 0 aliphatic rings. The lowest BCUT2D eigenvalue weighted by Gasteiger charge is -2.13. The summed E-state index contributed by atoms with van der Waals surface area (Å²) in [5, 5.41) is 2.94. The molecular weight excluding hydrogens is 290 g/mol. The molecule has 1 N–H and O–H groups in total. The van der Waals surface area contributed by atoms with E-state index in [1.165, 1.54) is 6.39 Å². The Bertz CT molecular complexity index is 812. The largest absolute Gasteiger partial charge is 0.443 e. The molecular formula is C18H17N3O2. The molecule has 1 amide bonds. The van der Waals surface area contributed by atoms with Crippen molar-refractivity contribution in [1.29, 1.82) is 0 Å². The van der Waals surface area contributed by atoms with Crippen LogP contribution in [0.2, 0.25) is 0 Å². The van der Waals surface area contributed by atoms with Gasteiger partial charge in [-0.15, -0.1) is 0 Å². The minimum Gasteiger partial charge on any atom is -0.443 e. The van der Waals surface area contributed by atoms with Crippen LogP contribution in [-0.4, -0.2) is 15.9 Å². The first kappa shape index (κ1) is 15.0. The van der Waals surface area contributed by atoms with E-state index in [1.807, 2.05) is 50.2 Å². The lowest BCUT2D eigenvalue weighted by atomic mass is 10.0. The summed E-state index contributed by atoms with van der Waals surface area (Å²) in [5.74, 6) is 0.226. The van der Waals surface area contributed by atoms with Crippen molar-refractivity contribution in [2.75, 3.05) is 0 Å². The second kappa shape index (κ2) is 6.44. The number of benzene rings is 1. The van der Waals surface area contributed by atoms with E-state index in [9.17, 15) is 4.79 Å². The molecule has 3 aromatic rings. The maximum Gasteiger partial charge on any atom is 0.274 e. The maximum atomic E-state index is 12.5. The van der Waals surface area contributed by atoms with E-state index < -0.39 is 0 Å². The molecule has 2 aromatic heterocycles. The summed E-state index contributed by atoms with van der Waals surface area (Å²) in [6.07, 6.45) is 4.70. The van der Waals surface area contributed by atoms with Crippen LogP contribution in [0.15, 0.2) is 59.6 Å². The van der Waals surface area contributed by atoms with Crippen LogP contribution in [0, 0.1) is 6.92 Å². The molecule has 0 saturated heterocycles. The van der Waals surface area contributed by atoms with E-state index in [1.54, 1.807) is 12.4 Å². The highest BCUT2D eigenvalue weighted by Crippen LogP contribution is 2.26. The predicted octanol–water partition coefficient (Wildman–Crippen LogP) is 3.54. The van der Waals surface area contributed by atoms with Gasteiger partial charge in [0.05, 0.1) is 6.04 Å². The third-order valence-corrected chi connectivity index (χ3v) is 3.73. The zero-order valence-electron chi connectivity index (χ0n) is 13.0. The topological polar surface area (TPSA) is 68.0 Å². The predicted molar refractivity (Wildman–Crippen MR) is 86.8 cm³/mol. The number of nitrogens with zero attached hydrogens (tertiary/aromatic N) is 2. The molecule has 1 aromatic carbocycles. The van der Waals surface area contributed by atoms with Crippen molar-refractivity contribution >= 4 is 5.91 Å². The number of amides is 1. The molecule has 1 unspecified atom stereocenters. The smallest absolute Gasteiger partial charge is 0.274 e. The lowest BCUT2D eigenvalue weighted by molar-refractivity contribution is 0.0935. The highest BCUT2D eigenvalue weighted by molar-refractivity contribution is 5.98. The second-order valence-electron chi connectivity index (χ2n) is 5.32. The normalized spacial score (nSPS) is 11.9. The van der Waals surface area contributed by atoms with Crippen LogP contribution in [0.4, 0.5) is 0 Å². The molecule has 0 fully saturated rings. The summed E-state index contributed by atoms with van der Waals surface area (Å²) < 4.78 is 5.46. The van der Waals surface area contributed by atoms with Gasteiger partial charge in [0.1, 0.15) is 0 Å². The van der Waals surface area contributed by atoms with Crippen molar-refractivity contribution in [2.24, 2.45) is 0 Å². The van der Waals surface area contributed by atoms with E-state index in [2.05, 4.69) is 15.3 Å². The van der Waals surface area contributed by atoms with Crippen molar-refractivity contribution in [1.82, 2.24) is 15.3 Å². The Kier molecular flexibility index (Phi) is 4.19. The Morgan fingerprint density at radius 3 is 2.65 bits per heavy atom. The molecule has 0 saturated carbocycles. The van der Waals surface area contributed by atoms with Crippen LogP contribution in [0.5, 0.6) is 0 Å². The molecule has 23 heavy (non-hydrogen) atoms. The quantitative estimate of drug-likeness (QED) is 0.800. The highest BCUT2D eigenvalue weighted by atomic mass is 16.3. The summed E-state index contributed by atoms with van der Waals surface area (Å²) in [6.45, 7) is 3.89. The average Bonchev–Trinajstić information content (AvgIpc) is 3.05. The molecule has 0 radical (unpaired) electrons. The van der Waals surface area contributed by atoms with Gasteiger partial charge >= 0.3 is 0 Å². The number of nitrogens with one attached hydrogen (secondary N) is 1. The Hall–Kier alpha value is -2.95. The van der Waals surface area contributed by atoms with Crippen molar-refractivity contribution in [3.63, 3.8) is 0 Å². The molecule has 0 bridgehead atoms. The second-order valence-corrected chi connectivity index (χ2v) is 5.32. The third-order valence-electron chi connectivity index (χ3n) is 3.73.